The molecule has 0 atom stereocenters. The minimum absolute atomic E-state index is 0.0388. The van der Waals surface area contributed by atoms with Gasteiger partial charge >= 0.3 is 11.8 Å². The van der Waals surface area contributed by atoms with E-state index in [1.165, 1.54) is 4.90 Å². The second-order valence-electron chi connectivity index (χ2n) is 7.48. The average Bonchev–Trinajstić information content (AvgIpc) is 3.57. The van der Waals surface area contributed by atoms with Crippen LogP contribution in [-0.2, 0) is 14.3 Å². The van der Waals surface area contributed by atoms with E-state index in [1.54, 1.807) is 4.90 Å². The number of anilines is 1. The first-order valence-corrected chi connectivity index (χ1v) is 9.93. The molecule has 150 valence electrons. The lowest BCUT2D eigenvalue weighted by Gasteiger charge is -2.34. The maximum atomic E-state index is 12.8. The van der Waals surface area contributed by atoms with Crippen LogP contribution >= 0.6 is 0 Å². The number of rotatable bonds is 3. The first kappa shape index (κ1) is 18.7. The summed E-state index contributed by atoms with van der Waals surface area (Å²) in [5.41, 5.74) is 1.74. The van der Waals surface area contributed by atoms with Gasteiger partial charge in [-0.1, -0.05) is 0 Å². The zero-order chi connectivity index (χ0) is 19.5. The van der Waals surface area contributed by atoms with Crippen LogP contribution in [0.5, 0.6) is 0 Å². The number of morpholine rings is 1. The number of ether oxygens (including phenoxy) is 1. The van der Waals surface area contributed by atoms with Crippen molar-refractivity contribution in [3.8, 4) is 0 Å². The average molecular weight is 386 g/mol. The number of carbonyl (C=O) groups excluding carboxylic acids is 3. The molecule has 2 heterocycles. The van der Waals surface area contributed by atoms with Crippen molar-refractivity contribution in [2.45, 2.75) is 18.9 Å². The summed E-state index contributed by atoms with van der Waals surface area (Å²) in [4.78, 5) is 42.4. The van der Waals surface area contributed by atoms with Crippen molar-refractivity contribution in [2.75, 3.05) is 57.4 Å². The van der Waals surface area contributed by atoms with Gasteiger partial charge in [-0.05, 0) is 37.1 Å². The maximum absolute atomic E-state index is 12.8. The molecule has 0 spiro atoms. The lowest BCUT2D eigenvalue weighted by molar-refractivity contribution is -0.146. The molecule has 0 aromatic heterocycles. The summed E-state index contributed by atoms with van der Waals surface area (Å²) in [6.07, 6.45) is 1.90. The molecule has 1 aromatic carbocycles. The highest BCUT2D eigenvalue weighted by Gasteiger charge is 2.31. The molecule has 0 radical (unpaired) electrons. The Kier molecular flexibility index (Phi) is 5.47. The molecule has 1 N–H and O–H groups in total. The lowest BCUT2D eigenvalue weighted by Crippen LogP contribution is -2.54. The molecule has 4 rings (SSSR count). The van der Waals surface area contributed by atoms with Crippen molar-refractivity contribution < 1.29 is 19.1 Å². The van der Waals surface area contributed by atoms with Gasteiger partial charge in [-0.15, -0.1) is 0 Å². The molecular formula is C20H26N4O4. The van der Waals surface area contributed by atoms with Crippen molar-refractivity contribution >= 4 is 23.4 Å². The highest BCUT2D eigenvalue weighted by atomic mass is 16.5. The molecule has 8 heteroatoms. The predicted molar refractivity (Wildman–Crippen MR) is 103 cm³/mol. The van der Waals surface area contributed by atoms with E-state index in [4.69, 9.17) is 4.74 Å². The van der Waals surface area contributed by atoms with Crippen LogP contribution in [0.2, 0.25) is 0 Å². The molecule has 8 nitrogen and oxygen atoms in total. The first-order valence-electron chi connectivity index (χ1n) is 9.93. The van der Waals surface area contributed by atoms with Gasteiger partial charge in [0.1, 0.15) is 0 Å². The van der Waals surface area contributed by atoms with E-state index in [0.717, 1.165) is 44.8 Å². The van der Waals surface area contributed by atoms with Crippen LogP contribution in [-0.4, -0.2) is 86.0 Å². The molecule has 2 aliphatic heterocycles. The Morgan fingerprint density at radius 1 is 0.857 bits per heavy atom. The lowest BCUT2D eigenvalue weighted by atomic mass is 10.1. The highest BCUT2D eigenvalue weighted by Crippen LogP contribution is 2.19. The number of benzene rings is 1. The van der Waals surface area contributed by atoms with Gasteiger partial charge in [0.05, 0.1) is 13.2 Å². The molecule has 3 aliphatic rings. The molecule has 0 bridgehead atoms. The summed E-state index contributed by atoms with van der Waals surface area (Å²) in [5, 5.41) is 2.72. The Morgan fingerprint density at radius 2 is 1.46 bits per heavy atom. The largest absolute Gasteiger partial charge is 0.378 e. The highest BCUT2D eigenvalue weighted by molar-refractivity contribution is 6.35. The van der Waals surface area contributed by atoms with Gasteiger partial charge in [0.15, 0.2) is 0 Å². The molecular weight excluding hydrogens is 360 g/mol. The normalized spacial score (nSPS) is 20.1. The summed E-state index contributed by atoms with van der Waals surface area (Å²) in [5.74, 6) is -1.06. The number of nitrogens with zero attached hydrogens (tertiary/aromatic N) is 3. The monoisotopic (exact) mass is 386 g/mol. The van der Waals surface area contributed by atoms with Crippen molar-refractivity contribution in [1.82, 2.24) is 15.1 Å². The third-order valence-corrected chi connectivity index (χ3v) is 5.45. The van der Waals surface area contributed by atoms with Gasteiger partial charge in [-0.3, -0.25) is 14.4 Å². The minimum atomic E-state index is -0.527. The number of hydrogen-bond acceptors (Lipinski definition) is 5. The number of carbonyl (C=O) groups is 3. The topological polar surface area (TPSA) is 82.2 Å². The van der Waals surface area contributed by atoms with Gasteiger partial charge < -0.3 is 24.8 Å². The zero-order valence-electron chi connectivity index (χ0n) is 15.9. The van der Waals surface area contributed by atoms with E-state index in [9.17, 15) is 14.4 Å². The molecule has 1 aliphatic carbocycles. The second-order valence-corrected chi connectivity index (χ2v) is 7.48. The van der Waals surface area contributed by atoms with Crippen molar-refractivity contribution in [3.63, 3.8) is 0 Å². The fourth-order valence-corrected chi connectivity index (χ4v) is 3.55. The SMILES string of the molecule is O=C(NC1CC1)C(=O)N1CCN(C(=O)c2ccc(N3CCOCC3)cc2)CC1. The van der Waals surface area contributed by atoms with Gasteiger partial charge in [0.2, 0.25) is 0 Å². The Balaban J connectivity index is 1.29. The Hall–Kier alpha value is -2.61. The van der Waals surface area contributed by atoms with Crippen LogP contribution in [0.15, 0.2) is 24.3 Å². The van der Waals surface area contributed by atoms with Gasteiger partial charge in [-0.2, -0.15) is 0 Å². The maximum Gasteiger partial charge on any atom is 0.312 e. The summed E-state index contributed by atoms with van der Waals surface area (Å²) in [6.45, 7) is 4.81. The number of amides is 3. The number of nitrogens with one attached hydrogen (secondary N) is 1. The fraction of sp³-hybridized carbons (Fsp3) is 0.550. The molecule has 3 fully saturated rings. The molecule has 0 unspecified atom stereocenters. The molecule has 1 aromatic rings. The third kappa shape index (κ3) is 4.27. The van der Waals surface area contributed by atoms with Crippen molar-refractivity contribution in [1.29, 1.82) is 0 Å². The van der Waals surface area contributed by atoms with E-state index in [0.29, 0.717) is 31.7 Å². The Bertz CT molecular complexity index is 733. The van der Waals surface area contributed by atoms with E-state index >= 15 is 0 Å². The third-order valence-electron chi connectivity index (χ3n) is 5.45. The van der Waals surface area contributed by atoms with Crippen LogP contribution in [0.25, 0.3) is 0 Å². The van der Waals surface area contributed by atoms with Crippen molar-refractivity contribution in [3.05, 3.63) is 29.8 Å². The van der Waals surface area contributed by atoms with Crippen LogP contribution in [0.1, 0.15) is 23.2 Å². The van der Waals surface area contributed by atoms with Crippen LogP contribution in [0.4, 0.5) is 5.69 Å². The Labute approximate surface area is 164 Å². The fourth-order valence-electron chi connectivity index (χ4n) is 3.55. The van der Waals surface area contributed by atoms with Crippen molar-refractivity contribution in [2.24, 2.45) is 0 Å². The van der Waals surface area contributed by atoms with Gasteiger partial charge in [0.25, 0.3) is 5.91 Å². The second kappa shape index (κ2) is 8.18. The zero-order valence-corrected chi connectivity index (χ0v) is 15.9. The summed E-state index contributed by atoms with van der Waals surface area (Å²) < 4.78 is 5.37. The molecule has 3 amide bonds. The minimum Gasteiger partial charge on any atom is -0.378 e. The summed E-state index contributed by atoms with van der Waals surface area (Å²) in [6, 6.07) is 7.82. The van der Waals surface area contributed by atoms with E-state index in [2.05, 4.69) is 10.2 Å². The van der Waals surface area contributed by atoms with E-state index in [1.807, 2.05) is 24.3 Å². The van der Waals surface area contributed by atoms with Crippen LogP contribution < -0.4 is 10.2 Å². The first-order chi connectivity index (χ1) is 13.6. The number of piperazine rings is 1. The molecule has 1 saturated carbocycles. The van der Waals surface area contributed by atoms with Gasteiger partial charge in [0, 0.05) is 56.6 Å². The smallest absolute Gasteiger partial charge is 0.312 e. The standard InChI is InChI=1S/C20H26N4O4/c25-18(21-16-3-4-16)20(27)24-9-7-23(8-10-24)19(26)15-1-5-17(6-2-15)22-11-13-28-14-12-22/h1-2,5-6,16H,3-4,7-14H2,(H,21,25). The molecule has 2 saturated heterocycles. The van der Waals surface area contributed by atoms with Gasteiger partial charge in [-0.25, -0.2) is 0 Å². The Morgan fingerprint density at radius 3 is 2.07 bits per heavy atom. The van der Waals surface area contributed by atoms with E-state index in [-0.39, 0.29) is 11.9 Å². The van der Waals surface area contributed by atoms with E-state index < -0.39 is 11.8 Å². The van der Waals surface area contributed by atoms with Crippen LogP contribution in [0, 0.1) is 0 Å². The summed E-state index contributed by atoms with van der Waals surface area (Å²) in [7, 11) is 0. The number of hydrogen-bond donors (Lipinski definition) is 1. The summed E-state index contributed by atoms with van der Waals surface area (Å²) >= 11 is 0. The quantitative estimate of drug-likeness (QED) is 0.745. The van der Waals surface area contributed by atoms with Crippen LogP contribution in [0.3, 0.4) is 0 Å². The molecule has 28 heavy (non-hydrogen) atoms. The predicted octanol–water partition coefficient (Wildman–Crippen LogP) is 0.0862.